The van der Waals surface area contributed by atoms with E-state index in [4.69, 9.17) is 9.15 Å². The van der Waals surface area contributed by atoms with Gasteiger partial charge in [0.15, 0.2) is 0 Å². The molecular formula is C26H28N4O5. The fourth-order valence-corrected chi connectivity index (χ4v) is 3.94. The standard InChI is InChI=1S/C26H28N4O5/c1-26(2,3)35-25(33)29-21(12-16-13-27-20-10-6-4-8-18(16)20)24(32)30-28-14-17-15-34-22-11-7-5-9-19(22)23(17)31/h4-11,13-15,18,20-21,27H,12H2,1-3H3,(H,29,33)(H,30,32)/b28-14+/t18?,20?,21-/m1/s1. The summed E-state index contributed by atoms with van der Waals surface area (Å²) in [5, 5.41) is 10.3. The Kier molecular flexibility index (Phi) is 6.86. The molecule has 0 fully saturated rings. The van der Waals surface area contributed by atoms with E-state index in [1.165, 1.54) is 12.5 Å². The Balaban J connectivity index is 1.48. The number of hydrogen-bond donors (Lipinski definition) is 3. The van der Waals surface area contributed by atoms with Crippen LogP contribution < -0.4 is 21.5 Å². The minimum absolute atomic E-state index is 0.0847. The summed E-state index contributed by atoms with van der Waals surface area (Å²) in [5.74, 6) is -0.460. The Morgan fingerprint density at radius 1 is 1.23 bits per heavy atom. The summed E-state index contributed by atoms with van der Waals surface area (Å²) in [6, 6.07) is 6.04. The average molecular weight is 477 g/mol. The maximum Gasteiger partial charge on any atom is 0.408 e. The number of ether oxygens (including phenoxy) is 1. The first-order chi connectivity index (χ1) is 16.7. The number of nitrogens with one attached hydrogen (secondary N) is 3. The van der Waals surface area contributed by atoms with Crippen molar-refractivity contribution in [2.75, 3.05) is 0 Å². The van der Waals surface area contributed by atoms with Gasteiger partial charge in [0.2, 0.25) is 5.43 Å². The van der Waals surface area contributed by atoms with Crippen molar-refractivity contribution in [3.05, 3.63) is 82.4 Å². The van der Waals surface area contributed by atoms with E-state index >= 15 is 0 Å². The highest BCUT2D eigenvalue weighted by atomic mass is 16.6. The molecule has 2 amide bonds. The van der Waals surface area contributed by atoms with Gasteiger partial charge in [0, 0.05) is 12.3 Å². The van der Waals surface area contributed by atoms with Crippen LogP contribution in [-0.2, 0) is 9.53 Å². The van der Waals surface area contributed by atoms with Crippen molar-refractivity contribution in [3.63, 3.8) is 0 Å². The van der Waals surface area contributed by atoms with Gasteiger partial charge < -0.3 is 19.8 Å². The molecule has 2 unspecified atom stereocenters. The van der Waals surface area contributed by atoms with Crippen molar-refractivity contribution in [2.45, 2.75) is 44.9 Å². The molecule has 4 rings (SSSR count). The molecule has 0 bridgehead atoms. The van der Waals surface area contributed by atoms with Crippen LogP contribution in [0.5, 0.6) is 0 Å². The first kappa shape index (κ1) is 24.0. The number of para-hydroxylation sites is 1. The van der Waals surface area contributed by atoms with Crippen LogP contribution >= 0.6 is 0 Å². The lowest BCUT2D eigenvalue weighted by Gasteiger charge is -2.24. The van der Waals surface area contributed by atoms with Crippen molar-refractivity contribution in [3.8, 4) is 0 Å². The zero-order chi connectivity index (χ0) is 25.0. The summed E-state index contributed by atoms with van der Waals surface area (Å²) in [6.45, 7) is 5.23. The van der Waals surface area contributed by atoms with Crippen molar-refractivity contribution in [1.29, 1.82) is 0 Å². The van der Waals surface area contributed by atoms with E-state index < -0.39 is 23.6 Å². The highest BCUT2D eigenvalue weighted by molar-refractivity contribution is 5.89. The number of benzene rings is 1. The topological polar surface area (TPSA) is 122 Å². The van der Waals surface area contributed by atoms with Crippen LogP contribution in [0, 0.1) is 5.92 Å². The number of carbonyl (C=O) groups excluding carboxylic acids is 2. The van der Waals surface area contributed by atoms with Crippen LogP contribution in [0.25, 0.3) is 11.0 Å². The van der Waals surface area contributed by atoms with Crippen molar-refractivity contribution >= 4 is 29.2 Å². The lowest BCUT2D eigenvalue weighted by Crippen LogP contribution is -2.47. The van der Waals surface area contributed by atoms with E-state index in [1.54, 1.807) is 45.0 Å². The smallest absolute Gasteiger partial charge is 0.408 e. The van der Waals surface area contributed by atoms with Gasteiger partial charge in [-0.05, 0) is 44.7 Å². The molecule has 1 aromatic heterocycles. The minimum atomic E-state index is -0.943. The largest absolute Gasteiger partial charge is 0.463 e. The fraction of sp³-hybridized carbons (Fsp3) is 0.308. The van der Waals surface area contributed by atoms with Crippen LogP contribution in [0.4, 0.5) is 4.79 Å². The number of fused-ring (bicyclic) bond motifs is 2. The van der Waals surface area contributed by atoms with Gasteiger partial charge in [-0.25, -0.2) is 10.2 Å². The second-order valence-electron chi connectivity index (χ2n) is 9.36. The molecule has 9 nitrogen and oxygen atoms in total. The third-order valence-corrected chi connectivity index (χ3v) is 5.56. The predicted octanol–water partition coefficient (Wildman–Crippen LogP) is 3.12. The second-order valence-corrected chi connectivity index (χ2v) is 9.36. The zero-order valence-electron chi connectivity index (χ0n) is 19.8. The molecule has 182 valence electrons. The highest BCUT2D eigenvalue weighted by Gasteiger charge is 2.32. The van der Waals surface area contributed by atoms with Gasteiger partial charge in [0.05, 0.1) is 23.2 Å². The van der Waals surface area contributed by atoms with E-state index in [0.717, 1.165) is 5.57 Å². The number of carbonyl (C=O) groups is 2. The predicted molar refractivity (Wildman–Crippen MR) is 133 cm³/mol. The normalized spacial score (nSPS) is 19.7. The number of rotatable bonds is 6. The van der Waals surface area contributed by atoms with Gasteiger partial charge in [0.1, 0.15) is 23.5 Å². The van der Waals surface area contributed by atoms with Crippen molar-refractivity contribution in [1.82, 2.24) is 16.1 Å². The summed E-state index contributed by atoms with van der Waals surface area (Å²) in [5.41, 5.74) is 3.05. The minimum Gasteiger partial charge on any atom is -0.463 e. The Morgan fingerprint density at radius 3 is 2.80 bits per heavy atom. The molecule has 0 radical (unpaired) electrons. The molecule has 1 aliphatic carbocycles. The van der Waals surface area contributed by atoms with E-state index in [1.807, 2.05) is 24.4 Å². The van der Waals surface area contributed by atoms with Crippen LogP contribution in [0.1, 0.15) is 32.8 Å². The zero-order valence-corrected chi connectivity index (χ0v) is 19.8. The lowest BCUT2D eigenvalue weighted by atomic mass is 9.88. The number of allylic oxidation sites excluding steroid dienone is 2. The molecule has 2 aliphatic rings. The van der Waals surface area contributed by atoms with Gasteiger partial charge in [-0.3, -0.25) is 9.59 Å². The van der Waals surface area contributed by atoms with E-state index in [0.29, 0.717) is 11.0 Å². The van der Waals surface area contributed by atoms with Crippen LogP contribution in [0.2, 0.25) is 0 Å². The van der Waals surface area contributed by atoms with Gasteiger partial charge in [-0.2, -0.15) is 5.10 Å². The Hall–Kier alpha value is -4.14. The molecule has 0 saturated heterocycles. The first-order valence-electron chi connectivity index (χ1n) is 11.3. The SMILES string of the molecule is CC(C)(C)OC(=O)N[C@H](CC1=CNC2C=CC=CC12)C(=O)N/N=C/c1coc2ccccc2c1=O. The van der Waals surface area contributed by atoms with Crippen LogP contribution in [0.15, 0.2) is 80.9 Å². The summed E-state index contributed by atoms with van der Waals surface area (Å²) in [6.07, 6.45) is 11.9. The van der Waals surface area contributed by atoms with E-state index in [2.05, 4.69) is 27.2 Å². The third-order valence-electron chi connectivity index (χ3n) is 5.56. The van der Waals surface area contributed by atoms with E-state index in [9.17, 15) is 14.4 Å². The Labute approximate surface area is 202 Å². The summed E-state index contributed by atoms with van der Waals surface area (Å²) in [7, 11) is 0. The Morgan fingerprint density at radius 2 is 2.00 bits per heavy atom. The molecule has 3 N–H and O–H groups in total. The number of amides is 2. The van der Waals surface area contributed by atoms with Crippen LogP contribution in [0.3, 0.4) is 0 Å². The van der Waals surface area contributed by atoms with Gasteiger partial charge >= 0.3 is 6.09 Å². The van der Waals surface area contributed by atoms with Crippen molar-refractivity contribution in [2.24, 2.45) is 11.0 Å². The number of alkyl carbamates (subject to hydrolysis) is 1. The molecule has 1 aromatic carbocycles. The summed E-state index contributed by atoms with van der Waals surface area (Å²) in [4.78, 5) is 38.0. The first-order valence-corrected chi connectivity index (χ1v) is 11.3. The maximum absolute atomic E-state index is 13.0. The molecule has 9 heteroatoms. The molecule has 0 spiro atoms. The molecule has 2 heterocycles. The van der Waals surface area contributed by atoms with Crippen molar-refractivity contribution < 1.29 is 18.7 Å². The Bertz CT molecular complexity index is 1300. The molecule has 2 aromatic rings. The quantitative estimate of drug-likeness (QED) is 0.435. The number of hydrazone groups is 1. The van der Waals surface area contributed by atoms with Gasteiger partial charge in [-0.15, -0.1) is 0 Å². The second kappa shape index (κ2) is 10.0. The maximum atomic E-state index is 13.0. The third kappa shape index (κ3) is 5.87. The lowest BCUT2D eigenvalue weighted by molar-refractivity contribution is -0.123. The fourth-order valence-electron chi connectivity index (χ4n) is 3.94. The summed E-state index contributed by atoms with van der Waals surface area (Å²) >= 11 is 0. The van der Waals surface area contributed by atoms with Gasteiger partial charge in [-0.1, -0.05) is 36.4 Å². The van der Waals surface area contributed by atoms with Crippen LogP contribution in [-0.4, -0.2) is 35.9 Å². The summed E-state index contributed by atoms with van der Waals surface area (Å²) < 4.78 is 10.8. The number of nitrogens with zero attached hydrogens (tertiary/aromatic N) is 1. The monoisotopic (exact) mass is 476 g/mol. The van der Waals surface area contributed by atoms with E-state index in [-0.39, 0.29) is 29.4 Å². The molecule has 1 aliphatic heterocycles. The molecule has 3 atom stereocenters. The molecule has 0 saturated carbocycles. The molecule has 35 heavy (non-hydrogen) atoms. The number of hydrogen-bond acceptors (Lipinski definition) is 7. The molecular weight excluding hydrogens is 448 g/mol. The van der Waals surface area contributed by atoms with Gasteiger partial charge in [0.25, 0.3) is 5.91 Å². The highest BCUT2D eigenvalue weighted by Crippen LogP contribution is 2.29. The average Bonchev–Trinajstić information content (AvgIpc) is 3.22.